The van der Waals surface area contributed by atoms with Crippen LogP contribution < -0.4 is 0 Å². The van der Waals surface area contributed by atoms with E-state index in [1.165, 1.54) is 11.3 Å². The first-order valence-electron chi connectivity index (χ1n) is 5.11. The molecule has 84 valence electrons. The first kappa shape index (κ1) is 10.6. The smallest absolute Gasteiger partial charge is 0.150 e. The molecule has 1 aromatic carbocycles. The van der Waals surface area contributed by atoms with Crippen LogP contribution in [0.4, 0.5) is 0 Å². The number of hydrogen-bond donors (Lipinski definition) is 0. The Labute approximate surface area is 107 Å². The molecule has 0 bridgehead atoms. The summed E-state index contributed by atoms with van der Waals surface area (Å²) in [7, 11) is 0. The molecule has 0 unspecified atom stereocenters. The zero-order chi connectivity index (χ0) is 11.7. The molecular weight excluding hydrogens is 254 g/mol. The van der Waals surface area contributed by atoms with Gasteiger partial charge in [-0.15, -0.1) is 21.8 Å². The van der Waals surface area contributed by atoms with Gasteiger partial charge in [0, 0.05) is 17.1 Å². The van der Waals surface area contributed by atoms with Crippen molar-refractivity contribution in [3.05, 3.63) is 41.5 Å². The molecule has 0 aliphatic heterocycles. The summed E-state index contributed by atoms with van der Waals surface area (Å²) < 4.78 is 0. The zero-order valence-electron chi connectivity index (χ0n) is 8.80. The van der Waals surface area contributed by atoms with Crippen LogP contribution in [0.5, 0.6) is 0 Å². The number of pyridine rings is 1. The van der Waals surface area contributed by atoms with Crippen molar-refractivity contribution in [3.63, 3.8) is 0 Å². The van der Waals surface area contributed by atoms with Crippen molar-refractivity contribution in [1.29, 1.82) is 0 Å². The van der Waals surface area contributed by atoms with Crippen molar-refractivity contribution in [2.45, 2.75) is 5.88 Å². The maximum Gasteiger partial charge on any atom is 0.150 e. The Hall–Kier alpha value is -1.52. The molecule has 2 aromatic heterocycles. The fourth-order valence-corrected chi connectivity index (χ4v) is 2.63. The lowest BCUT2D eigenvalue weighted by molar-refractivity contribution is 1.04. The number of alkyl halides is 1. The third kappa shape index (κ3) is 1.90. The molecule has 0 spiro atoms. The molecule has 0 saturated heterocycles. The zero-order valence-corrected chi connectivity index (χ0v) is 10.4. The molecule has 0 radical (unpaired) electrons. The highest BCUT2D eigenvalue weighted by molar-refractivity contribution is 7.14. The molecule has 0 N–H and O–H groups in total. The summed E-state index contributed by atoms with van der Waals surface area (Å²) in [5.41, 5.74) is 1.96. The molecule has 0 amide bonds. The van der Waals surface area contributed by atoms with Crippen LogP contribution in [0.3, 0.4) is 0 Å². The predicted octanol–water partition coefficient (Wildman–Crippen LogP) is 3.49. The average Bonchev–Trinajstić information content (AvgIpc) is 2.87. The number of halogens is 1. The summed E-state index contributed by atoms with van der Waals surface area (Å²) in [6.07, 6.45) is 1.79. The van der Waals surface area contributed by atoms with Crippen molar-refractivity contribution >= 4 is 33.8 Å². The maximum absolute atomic E-state index is 5.74. The highest BCUT2D eigenvalue weighted by atomic mass is 35.5. The summed E-state index contributed by atoms with van der Waals surface area (Å²) in [4.78, 5) is 4.40. The molecule has 0 atom stereocenters. The van der Waals surface area contributed by atoms with Crippen LogP contribution in [0.25, 0.3) is 21.5 Å². The molecule has 17 heavy (non-hydrogen) atoms. The quantitative estimate of drug-likeness (QED) is 0.663. The van der Waals surface area contributed by atoms with Gasteiger partial charge in [-0.2, -0.15) is 0 Å². The summed E-state index contributed by atoms with van der Waals surface area (Å²) in [6, 6.07) is 10.0. The van der Waals surface area contributed by atoms with Gasteiger partial charge in [-0.05, 0) is 12.1 Å². The van der Waals surface area contributed by atoms with Crippen LogP contribution in [-0.4, -0.2) is 15.2 Å². The van der Waals surface area contributed by atoms with E-state index in [0.717, 1.165) is 26.5 Å². The van der Waals surface area contributed by atoms with E-state index in [-0.39, 0.29) is 0 Å². The lowest BCUT2D eigenvalue weighted by Crippen LogP contribution is -1.83. The van der Waals surface area contributed by atoms with E-state index in [1.807, 2.05) is 30.3 Å². The van der Waals surface area contributed by atoms with Crippen LogP contribution in [0.2, 0.25) is 0 Å². The topological polar surface area (TPSA) is 38.7 Å². The third-order valence-corrected chi connectivity index (χ3v) is 3.81. The molecule has 5 heteroatoms. The summed E-state index contributed by atoms with van der Waals surface area (Å²) in [5, 5.41) is 11.0. The van der Waals surface area contributed by atoms with Crippen molar-refractivity contribution in [2.24, 2.45) is 0 Å². The Morgan fingerprint density at radius 2 is 2.00 bits per heavy atom. The lowest BCUT2D eigenvalue weighted by atomic mass is 10.1. The average molecular weight is 262 g/mol. The first-order chi connectivity index (χ1) is 8.38. The van der Waals surface area contributed by atoms with Gasteiger partial charge in [-0.25, -0.2) is 0 Å². The van der Waals surface area contributed by atoms with Gasteiger partial charge >= 0.3 is 0 Å². The molecule has 3 aromatic rings. The van der Waals surface area contributed by atoms with E-state index < -0.39 is 0 Å². The van der Waals surface area contributed by atoms with E-state index >= 15 is 0 Å². The first-order valence-corrected chi connectivity index (χ1v) is 6.46. The second kappa shape index (κ2) is 4.39. The van der Waals surface area contributed by atoms with Gasteiger partial charge in [0.1, 0.15) is 10.0 Å². The van der Waals surface area contributed by atoms with Crippen LogP contribution in [0.1, 0.15) is 5.01 Å². The Bertz CT molecular complexity index is 660. The van der Waals surface area contributed by atoms with Gasteiger partial charge in [-0.3, -0.25) is 4.98 Å². The van der Waals surface area contributed by atoms with Gasteiger partial charge in [0.15, 0.2) is 0 Å². The van der Waals surface area contributed by atoms with E-state index in [0.29, 0.717) is 5.88 Å². The fraction of sp³-hybridized carbons (Fsp3) is 0.0833. The van der Waals surface area contributed by atoms with Crippen molar-refractivity contribution in [3.8, 4) is 10.6 Å². The Kier molecular flexibility index (Phi) is 2.74. The highest BCUT2D eigenvalue weighted by Crippen LogP contribution is 2.29. The molecular formula is C12H8ClN3S. The number of rotatable bonds is 2. The number of fused-ring (bicyclic) bond motifs is 1. The minimum absolute atomic E-state index is 0.399. The van der Waals surface area contributed by atoms with Gasteiger partial charge < -0.3 is 0 Å². The van der Waals surface area contributed by atoms with E-state index in [2.05, 4.69) is 15.2 Å². The third-order valence-electron chi connectivity index (χ3n) is 2.44. The Balaban J connectivity index is 2.23. The van der Waals surface area contributed by atoms with Gasteiger partial charge in [-0.1, -0.05) is 29.5 Å². The predicted molar refractivity (Wildman–Crippen MR) is 70.2 cm³/mol. The lowest BCUT2D eigenvalue weighted by Gasteiger charge is -2.00. The molecule has 3 nitrogen and oxygen atoms in total. The minimum atomic E-state index is 0.399. The van der Waals surface area contributed by atoms with Crippen LogP contribution >= 0.6 is 22.9 Å². The minimum Gasteiger partial charge on any atom is -0.256 e. The van der Waals surface area contributed by atoms with Crippen molar-refractivity contribution in [2.75, 3.05) is 0 Å². The number of benzene rings is 1. The van der Waals surface area contributed by atoms with Gasteiger partial charge in [0.25, 0.3) is 0 Å². The van der Waals surface area contributed by atoms with Crippen LogP contribution in [0.15, 0.2) is 36.5 Å². The molecule has 3 rings (SSSR count). The van der Waals surface area contributed by atoms with E-state index in [4.69, 9.17) is 11.6 Å². The second-order valence-corrected chi connectivity index (χ2v) is 4.84. The normalized spacial score (nSPS) is 10.9. The monoisotopic (exact) mass is 261 g/mol. The molecule has 0 fully saturated rings. The van der Waals surface area contributed by atoms with Crippen molar-refractivity contribution < 1.29 is 0 Å². The van der Waals surface area contributed by atoms with Gasteiger partial charge in [0.2, 0.25) is 0 Å². The summed E-state index contributed by atoms with van der Waals surface area (Å²) in [6.45, 7) is 0. The fourth-order valence-electron chi connectivity index (χ4n) is 1.69. The highest BCUT2D eigenvalue weighted by Gasteiger charge is 2.09. The van der Waals surface area contributed by atoms with Gasteiger partial charge in [0.05, 0.1) is 11.4 Å². The second-order valence-electron chi connectivity index (χ2n) is 3.52. The van der Waals surface area contributed by atoms with Crippen LogP contribution in [-0.2, 0) is 5.88 Å². The molecule has 2 heterocycles. The van der Waals surface area contributed by atoms with Crippen LogP contribution in [0, 0.1) is 0 Å². The summed E-state index contributed by atoms with van der Waals surface area (Å²) in [5.74, 6) is 0.399. The molecule has 0 saturated carbocycles. The van der Waals surface area contributed by atoms with E-state index in [1.54, 1.807) is 6.20 Å². The maximum atomic E-state index is 5.74. The summed E-state index contributed by atoms with van der Waals surface area (Å²) >= 11 is 7.24. The molecule has 0 aliphatic carbocycles. The number of para-hydroxylation sites is 1. The standard InChI is InChI=1S/C12H8ClN3S/c13-7-10-15-16-12(17-10)9-5-1-3-8-4-2-6-14-11(8)9/h1-6H,7H2. The Morgan fingerprint density at radius 1 is 1.12 bits per heavy atom. The number of hydrogen-bond acceptors (Lipinski definition) is 4. The Morgan fingerprint density at radius 3 is 2.82 bits per heavy atom. The SMILES string of the molecule is ClCc1nnc(-c2cccc3cccnc23)s1. The van der Waals surface area contributed by atoms with Crippen molar-refractivity contribution in [1.82, 2.24) is 15.2 Å². The largest absolute Gasteiger partial charge is 0.256 e. The van der Waals surface area contributed by atoms with E-state index in [9.17, 15) is 0 Å². The molecule has 0 aliphatic rings. The number of nitrogens with zero attached hydrogens (tertiary/aromatic N) is 3. The number of aromatic nitrogens is 3.